The van der Waals surface area contributed by atoms with Crippen LogP contribution >= 0.6 is 0 Å². The summed E-state index contributed by atoms with van der Waals surface area (Å²) >= 11 is 0. The normalized spacial score (nSPS) is 34.2. The third-order valence-corrected chi connectivity index (χ3v) is 1.36. The maximum atomic E-state index is 10.6. The zero-order chi connectivity index (χ0) is 6.15. The molecule has 1 rings (SSSR count). The number of hydrogen-bond donors (Lipinski definition) is 2. The van der Waals surface area contributed by atoms with E-state index >= 15 is 0 Å². The monoisotopic (exact) mass is 114 g/mol. The quantitative estimate of drug-likeness (QED) is 0.434. The molecule has 2 atom stereocenters. The first-order chi connectivity index (χ1) is 3.75. The van der Waals surface area contributed by atoms with Gasteiger partial charge in [0.25, 0.3) is 0 Å². The summed E-state index contributed by atoms with van der Waals surface area (Å²) in [4.78, 5) is 10.6. The minimum absolute atomic E-state index is 0.0833. The molecule has 8 heavy (non-hydrogen) atoms. The van der Waals surface area contributed by atoms with Crippen LogP contribution < -0.4 is 10.6 Å². The fourth-order valence-corrected chi connectivity index (χ4v) is 0.686. The van der Waals surface area contributed by atoms with Crippen LogP contribution in [0.5, 0.6) is 0 Å². The maximum Gasteiger partial charge on any atom is 0.238 e. The van der Waals surface area contributed by atoms with E-state index in [0.29, 0.717) is 6.04 Å². The van der Waals surface area contributed by atoms with Crippen molar-refractivity contribution >= 4 is 5.91 Å². The standard InChI is InChI=1S/C5H10N2O/c1-3-4(7-3)5(8)6-2/h3-4,7H,1-2H3,(H,6,8)/t3-,4-/m0/s1. The first-order valence-electron chi connectivity index (χ1n) is 2.73. The Kier molecular flexibility index (Phi) is 1.21. The van der Waals surface area contributed by atoms with Crippen LogP contribution in [0.1, 0.15) is 6.92 Å². The van der Waals surface area contributed by atoms with E-state index in [4.69, 9.17) is 0 Å². The average molecular weight is 114 g/mol. The van der Waals surface area contributed by atoms with Crippen LogP contribution in [0.25, 0.3) is 0 Å². The highest BCUT2D eigenvalue weighted by molar-refractivity contribution is 5.85. The van der Waals surface area contributed by atoms with E-state index in [-0.39, 0.29) is 11.9 Å². The molecule has 0 radical (unpaired) electrons. The Hall–Kier alpha value is -0.570. The molecule has 3 heteroatoms. The van der Waals surface area contributed by atoms with Crippen molar-refractivity contribution in [2.24, 2.45) is 0 Å². The first kappa shape index (κ1) is 5.56. The Labute approximate surface area is 48.5 Å². The molecule has 1 fully saturated rings. The molecule has 0 spiro atoms. The van der Waals surface area contributed by atoms with Crippen molar-refractivity contribution in [3.8, 4) is 0 Å². The molecule has 1 amide bonds. The third kappa shape index (κ3) is 0.816. The summed E-state index contributed by atoms with van der Waals surface area (Å²) in [6, 6.07) is 0.468. The van der Waals surface area contributed by atoms with Crippen LogP contribution in [0.4, 0.5) is 0 Å². The van der Waals surface area contributed by atoms with E-state index in [2.05, 4.69) is 10.6 Å². The SMILES string of the molecule is CNC(=O)[C@H]1N[C@H]1C. The summed E-state index contributed by atoms with van der Waals surface area (Å²) in [7, 11) is 1.65. The molecule has 0 saturated carbocycles. The molecule has 0 aliphatic carbocycles. The first-order valence-corrected chi connectivity index (χ1v) is 2.73. The Morgan fingerprint density at radius 2 is 2.25 bits per heavy atom. The second kappa shape index (κ2) is 1.74. The van der Waals surface area contributed by atoms with Gasteiger partial charge in [0.05, 0.1) is 0 Å². The number of rotatable bonds is 1. The lowest BCUT2D eigenvalue weighted by molar-refractivity contribution is -0.120. The molecule has 3 nitrogen and oxygen atoms in total. The van der Waals surface area contributed by atoms with Crippen LogP contribution in [0, 0.1) is 0 Å². The number of amides is 1. The molecule has 1 saturated heterocycles. The summed E-state index contributed by atoms with van der Waals surface area (Å²) in [6.45, 7) is 1.99. The van der Waals surface area contributed by atoms with Gasteiger partial charge in [0.15, 0.2) is 0 Å². The molecule has 2 N–H and O–H groups in total. The van der Waals surface area contributed by atoms with Gasteiger partial charge in [0.2, 0.25) is 5.91 Å². The van der Waals surface area contributed by atoms with Crippen LogP contribution in [0.2, 0.25) is 0 Å². The van der Waals surface area contributed by atoms with Crippen molar-refractivity contribution in [2.75, 3.05) is 7.05 Å². The van der Waals surface area contributed by atoms with Gasteiger partial charge in [-0.1, -0.05) is 0 Å². The second-order valence-electron chi connectivity index (χ2n) is 2.05. The fraction of sp³-hybridized carbons (Fsp3) is 0.800. The smallest absolute Gasteiger partial charge is 0.238 e. The van der Waals surface area contributed by atoms with Crippen molar-refractivity contribution < 1.29 is 4.79 Å². The summed E-state index contributed by atoms with van der Waals surface area (Å²) < 4.78 is 0. The molecule has 1 heterocycles. The summed E-state index contributed by atoms with van der Waals surface area (Å²) in [5.74, 6) is 0.0949. The van der Waals surface area contributed by atoms with E-state index in [1.807, 2.05) is 6.92 Å². The van der Waals surface area contributed by atoms with Gasteiger partial charge in [-0.3, -0.25) is 10.1 Å². The van der Waals surface area contributed by atoms with Gasteiger partial charge < -0.3 is 5.32 Å². The number of nitrogens with one attached hydrogen (secondary N) is 2. The number of likely N-dealkylation sites (N-methyl/N-ethyl adjacent to an activating group) is 1. The third-order valence-electron chi connectivity index (χ3n) is 1.36. The average Bonchev–Trinajstić information content (AvgIpc) is 2.45. The van der Waals surface area contributed by atoms with Crippen LogP contribution in [-0.2, 0) is 4.79 Å². The molecule has 1 aliphatic heterocycles. The Balaban J connectivity index is 2.28. The van der Waals surface area contributed by atoms with E-state index in [0.717, 1.165) is 0 Å². The van der Waals surface area contributed by atoms with E-state index in [1.54, 1.807) is 7.05 Å². The topological polar surface area (TPSA) is 51.0 Å². The summed E-state index contributed by atoms with van der Waals surface area (Å²) in [6.07, 6.45) is 0. The Bertz CT molecular complexity index is 113. The molecule has 0 aromatic rings. The maximum absolute atomic E-state index is 10.6. The highest BCUT2D eigenvalue weighted by Crippen LogP contribution is 2.07. The summed E-state index contributed by atoms with van der Waals surface area (Å²) in [5.41, 5.74) is 0. The van der Waals surface area contributed by atoms with Gasteiger partial charge in [-0.05, 0) is 6.92 Å². The Morgan fingerprint density at radius 1 is 1.75 bits per heavy atom. The van der Waals surface area contributed by atoms with E-state index < -0.39 is 0 Å². The fourth-order valence-electron chi connectivity index (χ4n) is 0.686. The van der Waals surface area contributed by atoms with Gasteiger partial charge in [-0.15, -0.1) is 0 Å². The van der Waals surface area contributed by atoms with Crippen molar-refractivity contribution in [2.45, 2.75) is 19.0 Å². The number of carbonyl (C=O) groups is 1. The lowest BCUT2D eigenvalue weighted by Gasteiger charge is -1.90. The largest absolute Gasteiger partial charge is 0.358 e. The minimum Gasteiger partial charge on any atom is -0.358 e. The molecule has 0 aromatic heterocycles. The van der Waals surface area contributed by atoms with Crippen LogP contribution in [0.15, 0.2) is 0 Å². The Morgan fingerprint density at radius 3 is 2.38 bits per heavy atom. The predicted molar refractivity (Wildman–Crippen MR) is 30.5 cm³/mol. The molecule has 46 valence electrons. The zero-order valence-electron chi connectivity index (χ0n) is 5.06. The van der Waals surface area contributed by atoms with E-state index in [9.17, 15) is 4.79 Å². The molecule has 0 aromatic carbocycles. The van der Waals surface area contributed by atoms with Crippen LogP contribution in [0.3, 0.4) is 0 Å². The van der Waals surface area contributed by atoms with Gasteiger partial charge in [-0.25, -0.2) is 0 Å². The summed E-state index contributed by atoms with van der Waals surface area (Å²) in [5, 5.41) is 5.53. The van der Waals surface area contributed by atoms with E-state index in [1.165, 1.54) is 0 Å². The minimum atomic E-state index is 0.0833. The van der Waals surface area contributed by atoms with Gasteiger partial charge in [0.1, 0.15) is 6.04 Å². The van der Waals surface area contributed by atoms with Gasteiger partial charge in [-0.2, -0.15) is 0 Å². The number of carbonyl (C=O) groups excluding carboxylic acids is 1. The molecular formula is C5H10N2O. The highest BCUT2D eigenvalue weighted by atomic mass is 16.2. The van der Waals surface area contributed by atoms with Crippen molar-refractivity contribution in [1.29, 1.82) is 0 Å². The number of hydrogen-bond acceptors (Lipinski definition) is 2. The highest BCUT2D eigenvalue weighted by Gasteiger charge is 2.37. The zero-order valence-corrected chi connectivity index (χ0v) is 5.06. The predicted octanol–water partition coefficient (Wildman–Crippen LogP) is -0.907. The molecule has 1 aliphatic rings. The van der Waals surface area contributed by atoms with Crippen molar-refractivity contribution in [1.82, 2.24) is 10.6 Å². The van der Waals surface area contributed by atoms with Crippen molar-refractivity contribution in [3.63, 3.8) is 0 Å². The van der Waals surface area contributed by atoms with Crippen molar-refractivity contribution in [3.05, 3.63) is 0 Å². The molecule has 0 bridgehead atoms. The second-order valence-corrected chi connectivity index (χ2v) is 2.05. The lowest BCUT2D eigenvalue weighted by Crippen LogP contribution is -2.25. The van der Waals surface area contributed by atoms with Crippen LogP contribution in [-0.4, -0.2) is 25.0 Å². The lowest BCUT2D eigenvalue weighted by atomic mass is 10.3. The molecule has 0 unspecified atom stereocenters. The van der Waals surface area contributed by atoms with Gasteiger partial charge in [0, 0.05) is 13.1 Å². The molecular weight excluding hydrogens is 104 g/mol. The van der Waals surface area contributed by atoms with Gasteiger partial charge >= 0.3 is 0 Å².